The molecule has 5 heteroatoms. The Bertz CT molecular complexity index is 329. The SMILES string of the molecule is Cc1cc(CN)cc(F)c1[N+](=O)[O-]. The Balaban J connectivity index is 3.31. The van der Waals surface area contributed by atoms with Crippen LogP contribution < -0.4 is 5.73 Å². The molecule has 0 aliphatic rings. The highest BCUT2D eigenvalue weighted by molar-refractivity contribution is 5.43. The molecule has 1 aromatic carbocycles. The maximum absolute atomic E-state index is 13.1. The number of nitrogens with two attached hydrogens (primary N) is 1. The molecule has 0 aromatic heterocycles. The topological polar surface area (TPSA) is 69.2 Å². The summed E-state index contributed by atoms with van der Waals surface area (Å²) in [6, 6.07) is 2.60. The number of aryl methyl sites for hydroxylation is 1. The van der Waals surface area contributed by atoms with Crippen molar-refractivity contribution >= 4 is 5.69 Å². The quantitative estimate of drug-likeness (QED) is 0.559. The Labute approximate surface area is 74.3 Å². The third kappa shape index (κ3) is 1.81. The number of rotatable bonds is 2. The molecule has 0 unspecified atom stereocenters. The van der Waals surface area contributed by atoms with Gasteiger partial charge in [0.05, 0.1) is 4.92 Å². The van der Waals surface area contributed by atoms with Gasteiger partial charge in [-0.2, -0.15) is 4.39 Å². The standard InChI is InChI=1S/C8H9FN2O2/c1-5-2-6(4-10)3-7(9)8(5)11(12)13/h2-3H,4,10H2,1H3. The van der Waals surface area contributed by atoms with E-state index in [1.54, 1.807) is 0 Å². The Kier molecular flexibility index (Phi) is 2.57. The second kappa shape index (κ2) is 3.49. The first kappa shape index (κ1) is 9.60. The molecule has 70 valence electrons. The van der Waals surface area contributed by atoms with Crippen molar-refractivity contribution in [3.05, 3.63) is 39.2 Å². The van der Waals surface area contributed by atoms with Crippen LogP contribution in [0.2, 0.25) is 0 Å². The van der Waals surface area contributed by atoms with Gasteiger partial charge in [0.2, 0.25) is 5.82 Å². The van der Waals surface area contributed by atoms with E-state index in [0.717, 1.165) is 6.07 Å². The molecular formula is C8H9FN2O2. The van der Waals surface area contributed by atoms with Gasteiger partial charge in [0.15, 0.2) is 0 Å². The summed E-state index contributed by atoms with van der Waals surface area (Å²) in [5.74, 6) is -0.828. The fraction of sp³-hybridized carbons (Fsp3) is 0.250. The molecule has 0 bridgehead atoms. The van der Waals surface area contributed by atoms with Crippen LogP contribution >= 0.6 is 0 Å². The van der Waals surface area contributed by atoms with Gasteiger partial charge in [0.25, 0.3) is 0 Å². The summed E-state index contributed by atoms with van der Waals surface area (Å²) >= 11 is 0. The van der Waals surface area contributed by atoms with Crippen molar-refractivity contribution in [2.75, 3.05) is 0 Å². The largest absolute Gasteiger partial charge is 0.326 e. The molecule has 4 nitrogen and oxygen atoms in total. The summed E-state index contributed by atoms with van der Waals surface area (Å²) in [6.45, 7) is 1.66. The van der Waals surface area contributed by atoms with Gasteiger partial charge in [-0.15, -0.1) is 0 Å². The molecule has 0 saturated carbocycles. The smallest absolute Gasteiger partial charge is 0.307 e. The molecule has 2 N–H and O–H groups in total. The van der Waals surface area contributed by atoms with Crippen molar-refractivity contribution in [3.63, 3.8) is 0 Å². The highest BCUT2D eigenvalue weighted by Crippen LogP contribution is 2.23. The van der Waals surface area contributed by atoms with Crippen molar-refractivity contribution in [1.29, 1.82) is 0 Å². The highest BCUT2D eigenvalue weighted by Gasteiger charge is 2.17. The summed E-state index contributed by atoms with van der Waals surface area (Å²) < 4.78 is 13.1. The average molecular weight is 184 g/mol. The second-order valence-electron chi connectivity index (χ2n) is 2.70. The fourth-order valence-electron chi connectivity index (χ4n) is 1.16. The Morgan fingerprint density at radius 2 is 2.23 bits per heavy atom. The number of benzene rings is 1. The van der Waals surface area contributed by atoms with Crippen LogP contribution in [0.3, 0.4) is 0 Å². The third-order valence-corrected chi connectivity index (χ3v) is 1.73. The molecule has 0 atom stereocenters. The molecule has 0 aliphatic heterocycles. The molecule has 1 rings (SSSR count). The number of nitrogens with zero attached hydrogens (tertiary/aromatic N) is 1. The Morgan fingerprint density at radius 3 is 2.62 bits per heavy atom. The summed E-state index contributed by atoms with van der Waals surface area (Å²) in [7, 11) is 0. The van der Waals surface area contributed by atoms with Gasteiger partial charge < -0.3 is 5.73 Å². The number of nitro benzene ring substituents is 1. The highest BCUT2D eigenvalue weighted by atomic mass is 19.1. The maximum atomic E-state index is 13.1. The lowest BCUT2D eigenvalue weighted by molar-refractivity contribution is -0.388. The van der Waals surface area contributed by atoms with Crippen LogP contribution in [0.5, 0.6) is 0 Å². The molecule has 13 heavy (non-hydrogen) atoms. The lowest BCUT2D eigenvalue weighted by Gasteiger charge is -2.01. The molecule has 1 aromatic rings. The number of nitro groups is 1. The number of hydrogen-bond acceptors (Lipinski definition) is 3. The third-order valence-electron chi connectivity index (χ3n) is 1.73. The lowest BCUT2D eigenvalue weighted by atomic mass is 10.1. The lowest BCUT2D eigenvalue weighted by Crippen LogP contribution is -2.01. The van der Waals surface area contributed by atoms with Crippen LogP contribution in [0.15, 0.2) is 12.1 Å². The minimum Gasteiger partial charge on any atom is -0.326 e. The summed E-state index contributed by atoms with van der Waals surface area (Å²) in [5.41, 5.74) is 5.66. The molecule has 0 radical (unpaired) electrons. The van der Waals surface area contributed by atoms with Crippen LogP contribution in [-0.2, 0) is 6.54 Å². The van der Waals surface area contributed by atoms with Crippen molar-refractivity contribution in [3.8, 4) is 0 Å². The van der Waals surface area contributed by atoms with Crippen LogP contribution in [-0.4, -0.2) is 4.92 Å². The van der Waals surface area contributed by atoms with Crippen molar-refractivity contribution in [1.82, 2.24) is 0 Å². The van der Waals surface area contributed by atoms with E-state index in [9.17, 15) is 14.5 Å². The fourth-order valence-corrected chi connectivity index (χ4v) is 1.16. The monoisotopic (exact) mass is 184 g/mol. The predicted octanol–water partition coefficient (Wildman–Crippen LogP) is 1.50. The molecule has 0 saturated heterocycles. The van der Waals surface area contributed by atoms with Gasteiger partial charge in [0, 0.05) is 12.1 Å². The zero-order valence-electron chi connectivity index (χ0n) is 7.08. The summed E-state index contributed by atoms with van der Waals surface area (Å²) in [6.07, 6.45) is 0. The van der Waals surface area contributed by atoms with Crippen molar-refractivity contribution in [2.24, 2.45) is 5.73 Å². The predicted molar refractivity (Wildman–Crippen MR) is 45.7 cm³/mol. The molecule has 0 fully saturated rings. The van der Waals surface area contributed by atoms with Gasteiger partial charge >= 0.3 is 5.69 Å². The molecule has 0 aliphatic carbocycles. The van der Waals surface area contributed by atoms with Crippen LogP contribution in [0.4, 0.5) is 10.1 Å². The Hall–Kier alpha value is -1.49. The van der Waals surface area contributed by atoms with E-state index in [0.29, 0.717) is 11.1 Å². The van der Waals surface area contributed by atoms with Crippen LogP contribution in [0, 0.1) is 22.9 Å². The molecular weight excluding hydrogens is 175 g/mol. The van der Waals surface area contributed by atoms with Gasteiger partial charge in [-0.25, -0.2) is 0 Å². The first-order valence-corrected chi connectivity index (χ1v) is 3.69. The molecule has 0 spiro atoms. The van der Waals surface area contributed by atoms with E-state index in [4.69, 9.17) is 5.73 Å². The zero-order valence-corrected chi connectivity index (χ0v) is 7.08. The van der Waals surface area contributed by atoms with E-state index in [1.807, 2.05) is 0 Å². The number of hydrogen-bond donors (Lipinski definition) is 1. The van der Waals surface area contributed by atoms with E-state index < -0.39 is 16.4 Å². The zero-order chi connectivity index (χ0) is 10.0. The van der Waals surface area contributed by atoms with Gasteiger partial charge in [-0.05, 0) is 24.6 Å². The van der Waals surface area contributed by atoms with Gasteiger partial charge in [-0.3, -0.25) is 10.1 Å². The van der Waals surface area contributed by atoms with Gasteiger partial charge in [-0.1, -0.05) is 0 Å². The summed E-state index contributed by atoms with van der Waals surface area (Å²) in [4.78, 5) is 9.65. The normalized spacial score (nSPS) is 10.1. The summed E-state index contributed by atoms with van der Waals surface area (Å²) in [5, 5.41) is 10.4. The van der Waals surface area contributed by atoms with Crippen LogP contribution in [0.1, 0.15) is 11.1 Å². The molecule has 0 heterocycles. The average Bonchev–Trinajstić information content (AvgIpc) is 2.02. The van der Waals surface area contributed by atoms with Crippen LogP contribution in [0.25, 0.3) is 0 Å². The Morgan fingerprint density at radius 1 is 1.62 bits per heavy atom. The first-order valence-electron chi connectivity index (χ1n) is 3.69. The van der Waals surface area contributed by atoms with E-state index in [2.05, 4.69) is 0 Å². The van der Waals surface area contributed by atoms with E-state index in [-0.39, 0.29) is 6.54 Å². The number of halogens is 1. The minimum absolute atomic E-state index is 0.176. The second-order valence-corrected chi connectivity index (χ2v) is 2.70. The maximum Gasteiger partial charge on any atom is 0.307 e. The first-order chi connectivity index (χ1) is 6.06. The molecule has 0 amide bonds. The minimum atomic E-state index is -0.828. The van der Waals surface area contributed by atoms with E-state index in [1.165, 1.54) is 13.0 Å². The van der Waals surface area contributed by atoms with Gasteiger partial charge in [0.1, 0.15) is 0 Å². The van der Waals surface area contributed by atoms with E-state index >= 15 is 0 Å². The van der Waals surface area contributed by atoms with Crippen molar-refractivity contribution < 1.29 is 9.31 Å². The van der Waals surface area contributed by atoms with Crippen molar-refractivity contribution in [2.45, 2.75) is 13.5 Å².